The molecule has 1 aliphatic heterocycles. The molecule has 170 valence electrons. The number of carbonyl (C=O) groups excluding carboxylic acids is 1. The zero-order chi connectivity index (χ0) is 22.9. The fraction of sp³-hybridized carbons (Fsp3) is 0.333. The van der Waals surface area contributed by atoms with Gasteiger partial charge in [0, 0.05) is 6.54 Å². The summed E-state index contributed by atoms with van der Waals surface area (Å²) < 4.78 is 10.5. The van der Waals surface area contributed by atoms with Gasteiger partial charge in [0.05, 0.1) is 24.8 Å². The number of rotatable bonds is 10. The molecule has 1 fully saturated rings. The molecule has 0 aromatic heterocycles. The maximum atomic E-state index is 13.2. The minimum atomic E-state index is -0.0884. The van der Waals surface area contributed by atoms with E-state index in [-0.39, 0.29) is 23.2 Å². The molecule has 0 spiro atoms. The molecule has 0 aliphatic carbocycles. The third kappa shape index (κ3) is 5.83. The first kappa shape index (κ1) is 23.7. The lowest BCUT2D eigenvalue weighted by Gasteiger charge is -2.15. The lowest BCUT2D eigenvalue weighted by molar-refractivity contribution is -0.122. The highest BCUT2D eigenvalue weighted by atomic mass is 32.2. The van der Waals surface area contributed by atoms with E-state index in [2.05, 4.69) is 0 Å². The van der Waals surface area contributed by atoms with Gasteiger partial charge in [-0.1, -0.05) is 31.0 Å². The van der Waals surface area contributed by atoms with E-state index in [0.717, 1.165) is 31.4 Å². The van der Waals surface area contributed by atoms with Crippen molar-refractivity contribution in [2.75, 3.05) is 27.3 Å². The zero-order valence-corrected chi connectivity index (χ0v) is 19.2. The standard InChI is InChI=1S/C24H29N3O4S/c1-30-19-14-17(15-20(31-2)22(19)28)16-21-23(29)27(13-9-4-3-8-12-25)24(32-21)26-18-10-6-5-7-11-18/h5-7,10-11,14-16,28H,3-4,8-9,12-13,25H2,1-2H3/b21-16+,26-24+. The van der Waals surface area contributed by atoms with Crippen molar-refractivity contribution in [3.05, 3.63) is 52.9 Å². The van der Waals surface area contributed by atoms with E-state index in [9.17, 15) is 9.90 Å². The molecule has 0 bridgehead atoms. The van der Waals surface area contributed by atoms with E-state index in [4.69, 9.17) is 20.2 Å². The Morgan fingerprint density at radius 2 is 1.72 bits per heavy atom. The number of amides is 1. The Morgan fingerprint density at radius 1 is 1.06 bits per heavy atom. The van der Waals surface area contributed by atoms with Crippen LogP contribution in [0.25, 0.3) is 6.08 Å². The SMILES string of the molecule is COc1cc(/C=C2/S/C(=N/c3ccccc3)N(CCCCCCN)C2=O)cc(OC)c1O. The Kier molecular flexibility index (Phi) is 8.58. The van der Waals surface area contributed by atoms with Crippen LogP contribution < -0.4 is 15.2 Å². The van der Waals surface area contributed by atoms with Crippen molar-refractivity contribution in [2.24, 2.45) is 10.7 Å². The van der Waals surface area contributed by atoms with Crippen molar-refractivity contribution in [1.29, 1.82) is 0 Å². The number of benzene rings is 2. The van der Waals surface area contributed by atoms with Crippen LogP contribution in [0.5, 0.6) is 17.2 Å². The van der Waals surface area contributed by atoms with Crippen molar-refractivity contribution in [2.45, 2.75) is 25.7 Å². The first-order valence-electron chi connectivity index (χ1n) is 10.6. The summed E-state index contributed by atoms with van der Waals surface area (Å²) in [6.45, 7) is 1.29. The lowest BCUT2D eigenvalue weighted by atomic mass is 10.1. The van der Waals surface area contributed by atoms with E-state index in [1.165, 1.54) is 26.0 Å². The van der Waals surface area contributed by atoms with Crippen LogP contribution in [0.15, 0.2) is 52.4 Å². The highest BCUT2D eigenvalue weighted by molar-refractivity contribution is 8.18. The molecule has 0 radical (unpaired) electrons. The van der Waals surface area contributed by atoms with Crippen molar-refractivity contribution < 1.29 is 19.4 Å². The summed E-state index contributed by atoms with van der Waals surface area (Å²) in [6, 6.07) is 12.9. The number of thioether (sulfide) groups is 1. The summed E-state index contributed by atoms with van der Waals surface area (Å²) >= 11 is 1.34. The van der Waals surface area contributed by atoms with Gasteiger partial charge in [0.2, 0.25) is 5.75 Å². The second kappa shape index (κ2) is 11.6. The summed E-state index contributed by atoms with van der Waals surface area (Å²) in [5, 5.41) is 10.8. The Labute approximate surface area is 192 Å². The zero-order valence-electron chi connectivity index (χ0n) is 18.4. The number of nitrogens with two attached hydrogens (primary N) is 1. The maximum Gasteiger partial charge on any atom is 0.266 e. The second-order valence-corrected chi connectivity index (χ2v) is 8.28. The number of nitrogens with zero attached hydrogens (tertiary/aromatic N) is 2. The summed E-state index contributed by atoms with van der Waals surface area (Å²) in [6.07, 6.45) is 5.70. The van der Waals surface area contributed by atoms with Crippen molar-refractivity contribution >= 4 is 34.6 Å². The van der Waals surface area contributed by atoms with E-state index < -0.39 is 0 Å². The molecule has 1 heterocycles. The van der Waals surface area contributed by atoms with Crippen molar-refractivity contribution in [1.82, 2.24) is 4.90 Å². The van der Waals surface area contributed by atoms with Gasteiger partial charge in [-0.05, 0) is 67.1 Å². The van der Waals surface area contributed by atoms with Crippen molar-refractivity contribution in [3.63, 3.8) is 0 Å². The van der Waals surface area contributed by atoms with Gasteiger partial charge in [0.15, 0.2) is 16.7 Å². The minimum Gasteiger partial charge on any atom is -0.502 e. The fourth-order valence-electron chi connectivity index (χ4n) is 3.32. The molecule has 7 nitrogen and oxygen atoms in total. The molecule has 8 heteroatoms. The third-order valence-electron chi connectivity index (χ3n) is 5.00. The lowest BCUT2D eigenvalue weighted by Crippen LogP contribution is -2.30. The Hall–Kier alpha value is -2.97. The molecule has 1 saturated heterocycles. The number of amidine groups is 1. The van der Waals surface area contributed by atoms with Gasteiger partial charge in [0.25, 0.3) is 5.91 Å². The van der Waals surface area contributed by atoms with Gasteiger partial charge in [-0.3, -0.25) is 9.69 Å². The number of aliphatic imine (C=N–C) groups is 1. The Bertz CT molecular complexity index is 967. The average Bonchev–Trinajstić information content (AvgIpc) is 3.09. The monoisotopic (exact) mass is 455 g/mol. The van der Waals surface area contributed by atoms with Gasteiger partial charge >= 0.3 is 0 Å². The normalized spacial score (nSPS) is 16.2. The molecular weight excluding hydrogens is 426 g/mol. The maximum absolute atomic E-state index is 13.2. The summed E-state index contributed by atoms with van der Waals surface area (Å²) in [5.41, 5.74) is 7.06. The number of methoxy groups -OCH3 is 2. The summed E-state index contributed by atoms with van der Waals surface area (Å²) in [7, 11) is 2.94. The molecule has 0 saturated carbocycles. The summed E-state index contributed by atoms with van der Waals surface area (Å²) in [5.74, 6) is 0.394. The highest BCUT2D eigenvalue weighted by Gasteiger charge is 2.33. The molecular formula is C24H29N3O4S. The van der Waals surface area contributed by atoms with E-state index in [0.29, 0.717) is 28.7 Å². The first-order chi connectivity index (χ1) is 15.6. The van der Waals surface area contributed by atoms with Crippen LogP contribution in [0.4, 0.5) is 5.69 Å². The highest BCUT2D eigenvalue weighted by Crippen LogP contribution is 2.40. The van der Waals surface area contributed by atoms with Crippen LogP contribution in [0, 0.1) is 0 Å². The van der Waals surface area contributed by atoms with Crippen LogP contribution in [-0.4, -0.2) is 48.4 Å². The average molecular weight is 456 g/mol. The van der Waals surface area contributed by atoms with Crippen LogP contribution in [0.2, 0.25) is 0 Å². The molecule has 2 aromatic carbocycles. The van der Waals surface area contributed by atoms with Crippen molar-refractivity contribution in [3.8, 4) is 17.2 Å². The predicted molar refractivity (Wildman–Crippen MR) is 130 cm³/mol. The molecule has 2 aromatic rings. The van der Waals surface area contributed by atoms with Gasteiger partial charge in [0.1, 0.15) is 0 Å². The molecule has 0 unspecified atom stereocenters. The number of unbranched alkanes of at least 4 members (excludes halogenated alkanes) is 3. The van der Waals surface area contributed by atoms with Crippen LogP contribution >= 0.6 is 11.8 Å². The molecule has 1 aliphatic rings. The van der Waals surface area contributed by atoms with Crippen LogP contribution in [0.1, 0.15) is 31.2 Å². The van der Waals surface area contributed by atoms with E-state index in [1.54, 1.807) is 23.1 Å². The third-order valence-corrected chi connectivity index (χ3v) is 6.01. The summed E-state index contributed by atoms with van der Waals surface area (Å²) in [4.78, 5) is 20.2. The number of ether oxygens (including phenoxy) is 2. The number of aromatic hydroxyl groups is 1. The number of hydrogen-bond donors (Lipinski definition) is 2. The van der Waals surface area contributed by atoms with Gasteiger partial charge in [-0.15, -0.1) is 0 Å². The fourth-order valence-corrected chi connectivity index (χ4v) is 4.34. The molecule has 3 N–H and O–H groups in total. The number of carbonyl (C=O) groups is 1. The van der Waals surface area contributed by atoms with Gasteiger partial charge in [-0.2, -0.15) is 0 Å². The minimum absolute atomic E-state index is 0.0759. The van der Waals surface area contributed by atoms with Gasteiger partial charge in [-0.25, -0.2) is 4.99 Å². The smallest absolute Gasteiger partial charge is 0.266 e. The number of hydrogen-bond acceptors (Lipinski definition) is 7. The van der Waals surface area contributed by atoms with E-state index >= 15 is 0 Å². The number of phenols is 1. The van der Waals surface area contributed by atoms with Crippen LogP contribution in [0.3, 0.4) is 0 Å². The Morgan fingerprint density at radius 3 is 2.34 bits per heavy atom. The molecule has 32 heavy (non-hydrogen) atoms. The quantitative estimate of drug-likeness (QED) is 0.403. The molecule has 0 atom stereocenters. The van der Waals surface area contributed by atoms with Gasteiger partial charge < -0.3 is 20.3 Å². The second-order valence-electron chi connectivity index (χ2n) is 7.27. The molecule has 1 amide bonds. The predicted octanol–water partition coefficient (Wildman–Crippen LogP) is 4.53. The first-order valence-corrected chi connectivity index (χ1v) is 11.4. The molecule has 3 rings (SSSR count). The number of para-hydroxylation sites is 1. The van der Waals surface area contributed by atoms with Crippen LogP contribution in [-0.2, 0) is 4.79 Å². The largest absolute Gasteiger partial charge is 0.502 e. The number of phenolic OH excluding ortho intramolecular Hbond substituents is 1. The Balaban J connectivity index is 1.89. The topological polar surface area (TPSA) is 97.4 Å². The van der Waals surface area contributed by atoms with E-state index in [1.807, 2.05) is 30.3 Å².